The fraction of sp³-hybridized carbons (Fsp3) is 0.435. The Labute approximate surface area is 185 Å². The van der Waals surface area contributed by atoms with Crippen LogP contribution in [0.15, 0.2) is 53.4 Å². The van der Waals surface area contributed by atoms with Crippen molar-refractivity contribution >= 4 is 23.4 Å². The minimum absolute atomic E-state index is 0.0534. The molecule has 31 heavy (non-hydrogen) atoms. The van der Waals surface area contributed by atoms with Crippen LogP contribution in [0.4, 0.5) is 18.9 Å². The number of halogens is 3. The highest BCUT2D eigenvalue weighted by Crippen LogP contribution is 2.31. The summed E-state index contributed by atoms with van der Waals surface area (Å²) < 4.78 is 38.8. The molecule has 0 radical (unpaired) electrons. The van der Waals surface area contributed by atoms with Gasteiger partial charge in [-0.25, -0.2) is 0 Å². The van der Waals surface area contributed by atoms with E-state index in [1.54, 1.807) is 17.8 Å². The molecule has 3 rings (SSSR count). The van der Waals surface area contributed by atoms with Gasteiger partial charge in [-0.05, 0) is 68.1 Å². The van der Waals surface area contributed by atoms with Crippen molar-refractivity contribution in [3.05, 3.63) is 59.7 Å². The first kappa shape index (κ1) is 23.5. The topological polar surface area (TPSA) is 35.6 Å². The molecule has 1 heterocycles. The summed E-state index contributed by atoms with van der Waals surface area (Å²) >= 11 is 1.64. The molecule has 2 aromatic rings. The number of benzene rings is 2. The highest BCUT2D eigenvalue weighted by molar-refractivity contribution is 7.98. The highest BCUT2D eigenvalue weighted by Gasteiger charge is 2.31. The van der Waals surface area contributed by atoms with Crippen LogP contribution in [0.2, 0.25) is 0 Å². The zero-order valence-corrected chi connectivity index (χ0v) is 18.4. The third-order valence-electron chi connectivity index (χ3n) is 5.45. The van der Waals surface area contributed by atoms with Crippen molar-refractivity contribution in [2.24, 2.45) is 0 Å². The third kappa shape index (κ3) is 6.90. The summed E-state index contributed by atoms with van der Waals surface area (Å²) in [5.41, 5.74) is 0.695. The van der Waals surface area contributed by atoms with E-state index in [0.717, 1.165) is 43.4 Å². The Morgan fingerprint density at radius 1 is 1.03 bits per heavy atom. The second-order valence-electron chi connectivity index (χ2n) is 7.57. The van der Waals surface area contributed by atoms with Gasteiger partial charge in [0.2, 0.25) is 0 Å². The van der Waals surface area contributed by atoms with Gasteiger partial charge in [-0.15, -0.1) is 11.8 Å². The van der Waals surface area contributed by atoms with Crippen molar-refractivity contribution in [2.45, 2.75) is 23.9 Å². The predicted octanol–water partition coefficient (Wildman–Crippen LogP) is 4.76. The highest BCUT2D eigenvalue weighted by atomic mass is 32.2. The van der Waals surface area contributed by atoms with Gasteiger partial charge in [0.25, 0.3) is 5.91 Å². The lowest BCUT2D eigenvalue weighted by Crippen LogP contribution is -2.46. The molecule has 1 saturated heterocycles. The molecule has 1 fully saturated rings. The molecular weight excluding hydrogens is 423 g/mol. The van der Waals surface area contributed by atoms with Crippen LogP contribution in [0, 0.1) is 0 Å². The predicted molar refractivity (Wildman–Crippen MR) is 120 cm³/mol. The molecule has 0 unspecified atom stereocenters. The minimum Gasteiger partial charge on any atom is -0.369 e. The van der Waals surface area contributed by atoms with Crippen molar-refractivity contribution in [3.8, 4) is 0 Å². The maximum absolute atomic E-state index is 12.9. The number of rotatable bonds is 8. The standard InChI is InChI=1S/C23H28F3N3OS/c1-31-21-9-7-18(8-10-21)22(30)27-11-2-3-12-28-13-15-29(16-14-28)20-6-4-5-19(17-20)23(24,25)26/h4-10,17H,2-3,11-16H2,1H3,(H,27,30). The number of nitrogens with one attached hydrogen (secondary N) is 1. The molecule has 2 aromatic carbocycles. The molecule has 0 atom stereocenters. The van der Waals surface area contributed by atoms with E-state index in [2.05, 4.69) is 10.2 Å². The number of hydrogen-bond donors (Lipinski definition) is 1. The van der Waals surface area contributed by atoms with Gasteiger partial charge in [0.1, 0.15) is 0 Å². The number of unbranched alkanes of at least 4 members (excludes halogenated alkanes) is 1. The largest absolute Gasteiger partial charge is 0.416 e. The fourth-order valence-electron chi connectivity index (χ4n) is 3.62. The number of alkyl halides is 3. The molecule has 0 aliphatic carbocycles. The molecule has 4 nitrogen and oxygen atoms in total. The second kappa shape index (κ2) is 10.9. The van der Waals surface area contributed by atoms with E-state index in [0.29, 0.717) is 30.9 Å². The average Bonchev–Trinajstić information content (AvgIpc) is 2.79. The first-order chi connectivity index (χ1) is 14.9. The van der Waals surface area contributed by atoms with E-state index in [1.165, 1.54) is 12.1 Å². The monoisotopic (exact) mass is 451 g/mol. The Morgan fingerprint density at radius 3 is 2.39 bits per heavy atom. The Bertz CT molecular complexity index is 850. The summed E-state index contributed by atoms with van der Waals surface area (Å²) in [6, 6.07) is 13.1. The summed E-state index contributed by atoms with van der Waals surface area (Å²) in [5.74, 6) is -0.0534. The molecule has 0 spiro atoms. The van der Waals surface area contributed by atoms with E-state index in [9.17, 15) is 18.0 Å². The number of anilines is 1. The van der Waals surface area contributed by atoms with Crippen molar-refractivity contribution in [2.75, 3.05) is 50.4 Å². The Hall–Kier alpha value is -2.19. The zero-order chi connectivity index (χ0) is 22.3. The van der Waals surface area contributed by atoms with Crippen LogP contribution in [0.3, 0.4) is 0 Å². The zero-order valence-electron chi connectivity index (χ0n) is 17.6. The van der Waals surface area contributed by atoms with Gasteiger partial charge >= 0.3 is 6.18 Å². The lowest BCUT2D eigenvalue weighted by Gasteiger charge is -2.36. The lowest BCUT2D eigenvalue weighted by atomic mass is 10.1. The Kier molecular flexibility index (Phi) is 8.26. The number of thioether (sulfide) groups is 1. The van der Waals surface area contributed by atoms with Gasteiger partial charge in [0.15, 0.2) is 0 Å². The van der Waals surface area contributed by atoms with Crippen molar-refractivity contribution < 1.29 is 18.0 Å². The number of nitrogens with zero attached hydrogens (tertiary/aromatic N) is 2. The molecule has 1 aliphatic heterocycles. The Morgan fingerprint density at radius 2 is 1.74 bits per heavy atom. The second-order valence-corrected chi connectivity index (χ2v) is 8.45. The van der Waals surface area contributed by atoms with Crippen LogP contribution in [0.25, 0.3) is 0 Å². The molecule has 1 amide bonds. The van der Waals surface area contributed by atoms with Crippen molar-refractivity contribution in [1.82, 2.24) is 10.2 Å². The van der Waals surface area contributed by atoms with Crippen LogP contribution < -0.4 is 10.2 Å². The van der Waals surface area contributed by atoms with Gasteiger partial charge in [0.05, 0.1) is 5.56 Å². The van der Waals surface area contributed by atoms with Gasteiger partial charge in [-0.2, -0.15) is 13.2 Å². The molecule has 1 N–H and O–H groups in total. The van der Waals surface area contributed by atoms with Crippen LogP contribution in [0.1, 0.15) is 28.8 Å². The smallest absolute Gasteiger partial charge is 0.369 e. The molecule has 1 aliphatic rings. The first-order valence-corrected chi connectivity index (χ1v) is 11.7. The quantitative estimate of drug-likeness (QED) is 0.464. The normalized spacial score (nSPS) is 15.2. The van der Waals surface area contributed by atoms with Gasteiger partial charge < -0.3 is 10.2 Å². The van der Waals surface area contributed by atoms with E-state index in [4.69, 9.17) is 0 Å². The molecule has 0 aromatic heterocycles. The summed E-state index contributed by atoms with van der Waals surface area (Å²) in [4.78, 5) is 17.6. The van der Waals surface area contributed by atoms with E-state index >= 15 is 0 Å². The summed E-state index contributed by atoms with van der Waals surface area (Å²) in [7, 11) is 0. The van der Waals surface area contributed by atoms with Crippen LogP contribution in [-0.4, -0.2) is 56.3 Å². The van der Waals surface area contributed by atoms with Gasteiger partial charge in [-0.3, -0.25) is 9.69 Å². The number of hydrogen-bond acceptors (Lipinski definition) is 4. The van der Waals surface area contributed by atoms with Crippen molar-refractivity contribution in [3.63, 3.8) is 0 Å². The van der Waals surface area contributed by atoms with Crippen LogP contribution in [0.5, 0.6) is 0 Å². The van der Waals surface area contributed by atoms with E-state index in [-0.39, 0.29) is 5.91 Å². The molecular formula is C23H28F3N3OS. The maximum atomic E-state index is 12.9. The molecule has 0 bridgehead atoms. The van der Waals surface area contributed by atoms with E-state index in [1.807, 2.05) is 35.4 Å². The average molecular weight is 452 g/mol. The van der Waals surface area contributed by atoms with Gasteiger partial charge in [-0.1, -0.05) is 6.07 Å². The fourth-order valence-corrected chi connectivity index (χ4v) is 4.02. The van der Waals surface area contributed by atoms with Crippen molar-refractivity contribution in [1.29, 1.82) is 0 Å². The summed E-state index contributed by atoms with van der Waals surface area (Å²) in [6.45, 7) is 4.63. The number of piperazine rings is 1. The van der Waals surface area contributed by atoms with Crippen LogP contribution >= 0.6 is 11.8 Å². The maximum Gasteiger partial charge on any atom is 0.416 e. The SMILES string of the molecule is CSc1ccc(C(=O)NCCCCN2CCN(c3cccc(C(F)(F)F)c3)CC2)cc1. The van der Waals surface area contributed by atoms with Crippen LogP contribution in [-0.2, 0) is 6.18 Å². The number of amides is 1. The number of carbonyl (C=O) groups excluding carboxylic acids is 1. The van der Waals surface area contributed by atoms with E-state index < -0.39 is 11.7 Å². The lowest BCUT2D eigenvalue weighted by molar-refractivity contribution is -0.137. The Balaban J connectivity index is 1.34. The molecule has 8 heteroatoms. The first-order valence-electron chi connectivity index (χ1n) is 10.4. The summed E-state index contributed by atoms with van der Waals surface area (Å²) in [6.07, 6.45) is -0.455. The molecule has 168 valence electrons. The third-order valence-corrected chi connectivity index (χ3v) is 6.19. The minimum atomic E-state index is -4.31. The summed E-state index contributed by atoms with van der Waals surface area (Å²) in [5, 5.41) is 2.96. The number of carbonyl (C=O) groups is 1. The van der Waals surface area contributed by atoms with Gasteiger partial charge in [0, 0.05) is 48.9 Å². The molecule has 0 saturated carbocycles.